The van der Waals surface area contributed by atoms with Gasteiger partial charge in [-0.2, -0.15) is 0 Å². The van der Waals surface area contributed by atoms with E-state index in [0.717, 1.165) is 16.5 Å². The smallest absolute Gasteiger partial charge is 0.170 e. The molecule has 1 aromatic carbocycles. The number of aromatic nitrogens is 2. The summed E-state index contributed by atoms with van der Waals surface area (Å²) < 4.78 is 2.30. The van der Waals surface area contributed by atoms with E-state index in [-0.39, 0.29) is 12.1 Å². The molecule has 1 saturated heterocycles. The molecule has 0 amide bonds. The number of thiocarbonyl (C=S) groups is 1. The van der Waals surface area contributed by atoms with Gasteiger partial charge in [-0.1, -0.05) is 18.9 Å². The minimum Gasteiger partial charge on any atom is -0.378 e. The zero-order valence-electron chi connectivity index (χ0n) is 18.1. The molecule has 0 spiro atoms. The molecule has 3 aromatic rings. The minimum absolute atomic E-state index is 0.0315. The lowest BCUT2D eigenvalue weighted by Crippen LogP contribution is -2.38. The fraction of sp³-hybridized carbons (Fsp3) is 0.360. The molecule has 5 rings (SSSR count). The molecule has 2 aliphatic rings. The van der Waals surface area contributed by atoms with Gasteiger partial charge in [-0.05, 0) is 73.6 Å². The minimum atomic E-state index is 0.0315. The fourth-order valence-electron chi connectivity index (χ4n) is 5.04. The SMILES string of the molecule is CN(C)c1ccc(-n2cccc2[C@@H]2[C@@H](c3ccccn3)NC(=S)N2C2CCCC2)cc1. The highest BCUT2D eigenvalue weighted by Gasteiger charge is 2.44. The van der Waals surface area contributed by atoms with Crippen LogP contribution in [0.15, 0.2) is 67.0 Å². The zero-order chi connectivity index (χ0) is 21.4. The van der Waals surface area contributed by atoms with E-state index < -0.39 is 0 Å². The van der Waals surface area contributed by atoms with E-state index in [1.54, 1.807) is 0 Å². The normalized spacial score (nSPS) is 21.5. The average molecular weight is 432 g/mol. The summed E-state index contributed by atoms with van der Waals surface area (Å²) in [5.74, 6) is 0. The zero-order valence-corrected chi connectivity index (χ0v) is 18.9. The molecule has 5 nitrogen and oxygen atoms in total. The maximum absolute atomic E-state index is 5.88. The van der Waals surface area contributed by atoms with Crippen molar-refractivity contribution in [3.63, 3.8) is 0 Å². The number of hydrogen-bond donors (Lipinski definition) is 1. The number of benzene rings is 1. The molecule has 0 bridgehead atoms. The summed E-state index contributed by atoms with van der Waals surface area (Å²) in [5.41, 5.74) is 4.63. The number of nitrogens with one attached hydrogen (secondary N) is 1. The van der Waals surface area contributed by atoms with Crippen LogP contribution < -0.4 is 10.2 Å². The summed E-state index contributed by atoms with van der Waals surface area (Å²) in [6, 6.07) is 19.8. The first-order chi connectivity index (χ1) is 15.1. The van der Waals surface area contributed by atoms with Crippen LogP contribution in [0.3, 0.4) is 0 Å². The van der Waals surface area contributed by atoms with Crippen LogP contribution in [0.5, 0.6) is 0 Å². The number of hydrogen-bond acceptors (Lipinski definition) is 3. The third-order valence-electron chi connectivity index (χ3n) is 6.58. The van der Waals surface area contributed by atoms with Gasteiger partial charge in [0.25, 0.3) is 0 Å². The molecule has 31 heavy (non-hydrogen) atoms. The van der Waals surface area contributed by atoms with Crippen LogP contribution in [0.2, 0.25) is 0 Å². The molecule has 2 atom stereocenters. The Morgan fingerprint density at radius 3 is 2.45 bits per heavy atom. The summed E-state index contributed by atoms with van der Waals surface area (Å²) in [6.45, 7) is 0. The van der Waals surface area contributed by atoms with Crippen molar-refractivity contribution in [1.29, 1.82) is 0 Å². The predicted octanol–water partition coefficient (Wildman–Crippen LogP) is 4.85. The van der Waals surface area contributed by atoms with Crippen molar-refractivity contribution in [2.24, 2.45) is 0 Å². The first kappa shape index (κ1) is 20.1. The molecular weight excluding hydrogens is 402 g/mol. The van der Waals surface area contributed by atoms with Crippen molar-refractivity contribution in [2.75, 3.05) is 19.0 Å². The van der Waals surface area contributed by atoms with Crippen molar-refractivity contribution < 1.29 is 0 Å². The summed E-state index contributed by atoms with van der Waals surface area (Å²) in [6.07, 6.45) is 8.98. The topological polar surface area (TPSA) is 36.3 Å². The molecule has 160 valence electrons. The molecule has 1 N–H and O–H groups in total. The molecule has 0 radical (unpaired) electrons. The standard InChI is InChI=1S/C25H29N5S/c1-28(2)18-12-14-19(15-13-18)29-17-7-11-22(29)24-23(21-10-5-6-16-26-21)27-25(31)30(24)20-8-3-4-9-20/h5-7,10-17,20,23-24H,3-4,8-9H2,1-2H3,(H,27,31)/t23-,24-/m1/s1. The highest BCUT2D eigenvalue weighted by Crippen LogP contribution is 2.43. The molecule has 1 aliphatic heterocycles. The van der Waals surface area contributed by atoms with Gasteiger partial charge in [0.2, 0.25) is 0 Å². The maximum Gasteiger partial charge on any atom is 0.170 e. The second kappa shape index (κ2) is 8.35. The highest BCUT2D eigenvalue weighted by atomic mass is 32.1. The highest BCUT2D eigenvalue weighted by molar-refractivity contribution is 7.80. The predicted molar refractivity (Wildman–Crippen MR) is 130 cm³/mol. The Labute approximate surface area is 189 Å². The van der Waals surface area contributed by atoms with Crippen LogP contribution in [0.25, 0.3) is 5.69 Å². The Balaban J connectivity index is 1.58. The van der Waals surface area contributed by atoms with Gasteiger partial charge >= 0.3 is 0 Å². The lowest BCUT2D eigenvalue weighted by Gasteiger charge is -2.33. The number of anilines is 1. The van der Waals surface area contributed by atoms with Crippen molar-refractivity contribution in [1.82, 2.24) is 19.8 Å². The molecule has 0 unspecified atom stereocenters. The van der Waals surface area contributed by atoms with Gasteiger partial charge in [0, 0.05) is 49.6 Å². The van der Waals surface area contributed by atoms with Crippen LogP contribution in [-0.2, 0) is 0 Å². The van der Waals surface area contributed by atoms with Crippen molar-refractivity contribution in [2.45, 2.75) is 43.8 Å². The van der Waals surface area contributed by atoms with Gasteiger partial charge in [0.05, 0.1) is 17.8 Å². The third kappa shape index (κ3) is 3.69. The van der Waals surface area contributed by atoms with E-state index in [1.807, 2.05) is 12.3 Å². The molecule has 2 fully saturated rings. The van der Waals surface area contributed by atoms with Gasteiger partial charge in [-0.25, -0.2) is 0 Å². The average Bonchev–Trinajstić information content (AvgIpc) is 3.54. The molecule has 3 heterocycles. The van der Waals surface area contributed by atoms with Crippen LogP contribution in [0.4, 0.5) is 5.69 Å². The third-order valence-corrected chi connectivity index (χ3v) is 6.91. The van der Waals surface area contributed by atoms with E-state index >= 15 is 0 Å². The summed E-state index contributed by atoms with van der Waals surface area (Å²) in [5, 5.41) is 4.46. The first-order valence-electron chi connectivity index (χ1n) is 11.1. The van der Waals surface area contributed by atoms with Crippen LogP contribution in [0.1, 0.15) is 49.2 Å². The lowest BCUT2D eigenvalue weighted by atomic mass is 9.99. The van der Waals surface area contributed by atoms with Crippen molar-refractivity contribution in [3.8, 4) is 5.69 Å². The van der Waals surface area contributed by atoms with Crippen LogP contribution >= 0.6 is 12.2 Å². The number of rotatable bonds is 5. The van der Waals surface area contributed by atoms with Crippen LogP contribution in [0, 0.1) is 0 Å². The van der Waals surface area contributed by atoms with E-state index in [4.69, 9.17) is 12.2 Å². The monoisotopic (exact) mass is 431 g/mol. The maximum atomic E-state index is 5.88. The van der Waals surface area contributed by atoms with E-state index in [0.29, 0.717) is 6.04 Å². The van der Waals surface area contributed by atoms with E-state index in [9.17, 15) is 0 Å². The van der Waals surface area contributed by atoms with Gasteiger partial charge in [-0.15, -0.1) is 0 Å². The molecule has 1 aliphatic carbocycles. The molecule has 6 heteroatoms. The fourth-order valence-corrected chi connectivity index (χ4v) is 5.43. The van der Waals surface area contributed by atoms with Gasteiger partial charge in [0.1, 0.15) is 0 Å². The van der Waals surface area contributed by atoms with E-state index in [2.05, 4.69) is 93.5 Å². The first-order valence-corrected chi connectivity index (χ1v) is 11.5. The van der Waals surface area contributed by atoms with Gasteiger partial charge in [0.15, 0.2) is 5.11 Å². The Hall–Kier alpha value is -2.86. The Kier molecular flexibility index (Phi) is 5.40. The summed E-state index contributed by atoms with van der Waals surface area (Å²) in [4.78, 5) is 9.27. The Bertz CT molecular complexity index is 1040. The number of pyridine rings is 1. The number of nitrogens with zero attached hydrogens (tertiary/aromatic N) is 4. The van der Waals surface area contributed by atoms with Crippen molar-refractivity contribution in [3.05, 3.63) is 78.4 Å². The van der Waals surface area contributed by atoms with Crippen molar-refractivity contribution >= 4 is 23.0 Å². The van der Waals surface area contributed by atoms with Crippen LogP contribution in [-0.4, -0.2) is 39.7 Å². The Morgan fingerprint density at radius 1 is 1.00 bits per heavy atom. The largest absolute Gasteiger partial charge is 0.378 e. The summed E-state index contributed by atoms with van der Waals surface area (Å²) in [7, 11) is 4.14. The molecular formula is C25H29N5S. The summed E-state index contributed by atoms with van der Waals surface area (Å²) >= 11 is 5.88. The quantitative estimate of drug-likeness (QED) is 0.584. The molecule has 1 saturated carbocycles. The van der Waals surface area contributed by atoms with Gasteiger partial charge < -0.3 is 19.7 Å². The van der Waals surface area contributed by atoms with Gasteiger partial charge in [-0.3, -0.25) is 4.98 Å². The Morgan fingerprint density at radius 2 is 1.77 bits per heavy atom. The second-order valence-electron chi connectivity index (χ2n) is 8.69. The second-order valence-corrected chi connectivity index (χ2v) is 9.07. The van der Waals surface area contributed by atoms with E-state index in [1.165, 1.54) is 37.1 Å². The lowest BCUT2D eigenvalue weighted by molar-refractivity contribution is 0.239. The molecule has 2 aromatic heterocycles.